The van der Waals surface area contributed by atoms with Crippen LogP contribution in [0.5, 0.6) is 0 Å². The minimum Gasteiger partial charge on any atom is -0.462 e. The molecule has 13 heteroatoms. The number of thiophene rings is 1. The Bertz CT molecular complexity index is 810. The molecule has 1 unspecified atom stereocenters. The van der Waals surface area contributed by atoms with Crippen LogP contribution in [0.4, 0.5) is 0 Å². The van der Waals surface area contributed by atoms with Gasteiger partial charge in [-0.05, 0) is 54.2 Å². The molecule has 1 rings (SSSR count). The average molecular weight is 581 g/mol. The molecule has 0 aliphatic rings. The third kappa shape index (κ3) is 15.0. The minimum atomic E-state index is -0.930. The van der Waals surface area contributed by atoms with Crippen LogP contribution in [0.15, 0.2) is 16.8 Å². The second-order valence-corrected chi connectivity index (χ2v) is 12.4. The molecule has 1 amide bonds. The highest BCUT2D eigenvalue weighted by Gasteiger charge is 2.26. The highest BCUT2D eigenvalue weighted by molar-refractivity contribution is 8.76. The number of nitrogens with one attached hydrogen (secondary N) is 1. The monoisotopic (exact) mass is 580 g/mol. The normalized spacial score (nSPS) is 14.2. The number of hydrogen-bond acceptors (Lipinski definition) is 12. The number of amides is 1. The average Bonchev–Trinajstić information content (AvgIpc) is 3.33. The summed E-state index contributed by atoms with van der Waals surface area (Å²) in [5.41, 5.74) is 7.19. The van der Waals surface area contributed by atoms with Crippen LogP contribution in [0.2, 0.25) is 0 Å². The summed E-state index contributed by atoms with van der Waals surface area (Å²) in [6, 6.07) is 1.19. The van der Waals surface area contributed by atoms with Crippen molar-refractivity contribution in [3.8, 4) is 0 Å². The molecule has 0 aliphatic heterocycles. The summed E-state index contributed by atoms with van der Waals surface area (Å²) in [6.07, 6.45) is 2.63. The lowest BCUT2D eigenvalue weighted by atomic mass is 10.0. The van der Waals surface area contributed by atoms with Gasteiger partial charge in [0.2, 0.25) is 5.91 Å². The van der Waals surface area contributed by atoms with E-state index >= 15 is 0 Å². The van der Waals surface area contributed by atoms with Gasteiger partial charge in [0.05, 0.1) is 5.92 Å². The van der Waals surface area contributed by atoms with Crippen molar-refractivity contribution in [3.05, 3.63) is 22.4 Å². The highest BCUT2D eigenvalue weighted by Crippen LogP contribution is 2.27. The van der Waals surface area contributed by atoms with Crippen molar-refractivity contribution in [2.45, 2.75) is 51.8 Å². The minimum absolute atomic E-state index is 0.116. The van der Waals surface area contributed by atoms with E-state index in [4.69, 9.17) is 19.9 Å². The number of hydrogen-bond donors (Lipinski definition) is 2. The molecular formula is C23H36N2O7S4. The molecule has 1 aromatic rings. The zero-order valence-corrected chi connectivity index (χ0v) is 24.3. The van der Waals surface area contributed by atoms with Crippen molar-refractivity contribution < 1.29 is 33.4 Å². The number of carbonyl (C=O) groups excluding carboxylic acids is 4. The van der Waals surface area contributed by atoms with Crippen LogP contribution < -0.4 is 11.1 Å². The van der Waals surface area contributed by atoms with Crippen molar-refractivity contribution in [3.63, 3.8) is 0 Å². The molecule has 4 atom stereocenters. The first-order chi connectivity index (χ1) is 17.1. The van der Waals surface area contributed by atoms with E-state index < -0.39 is 30.1 Å². The first-order valence-corrected chi connectivity index (χ1v) is 16.2. The quantitative estimate of drug-likeness (QED) is 0.115. The highest BCUT2D eigenvalue weighted by atomic mass is 33.1. The number of carbonyl (C=O) groups is 4. The van der Waals surface area contributed by atoms with Gasteiger partial charge in [0.15, 0.2) is 6.10 Å². The molecule has 0 aromatic carbocycles. The number of ether oxygens (including phenoxy) is 3. The van der Waals surface area contributed by atoms with Gasteiger partial charge in [-0.25, -0.2) is 4.79 Å². The van der Waals surface area contributed by atoms with Gasteiger partial charge in [0.1, 0.15) is 19.3 Å². The first-order valence-electron chi connectivity index (χ1n) is 11.4. The largest absolute Gasteiger partial charge is 0.462 e. The van der Waals surface area contributed by atoms with Crippen molar-refractivity contribution in [1.29, 1.82) is 0 Å². The van der Waals surface area contributed by atoms with Gasteiger partial charge in [0, 0.05) is 31.4 Å². The van der Waals surface area contributed by atoms with Gasteiger partial charge in [-0.1, -0.05) is 21.6 Å². The molecule has 0 bridgehead atoms. The summed E-state index contributed by atoms with van der Waals surface area (Å²) in [6.45, 7) is 3.42. The maximum absolute atomic E-state index is 13.0. The zero-order chi connectivity index (χ0) is 26.9. The molecule has 0 radical (unpaired) electrons. The second kappa shape index (κ2) is 18.8. The molecule has 3 N–H and O–H groups in total. The summed E-state index contributed by atoms with van der Waals surface area (Å²) >= 11 is 3.34. The Morgan fingerprint density at radius 2 is 1.78 bits per heavy atom. The second-order valence-electron chi connectivity index (χ2n) is 8.04. The van der Waals surface area contributed by atoms with Gasteiger partial charge in [-0.3, -0.25) is 14.4 Å². The Morgan fingerprint density at radius 3 is 2.39 bits per heavy atom. The standard InChI is InChI=1S/C23H36N2O7S4/c1-15(23(29)31-11-21(32-17(3)27)10-30-16(2)26)25-22(28)19(9-18-5-8-34-12-18)13-35-36-14-20(24)6-7-33-4/h5,8,12,15,19-21H,6-7,9-11,13-14,24H2,1-4H3,(H,25,28)/t15-,19?,20-,21-/m0/s1. The molecule has 36 heavy (non-hydrogen) atoms. The zero-order valence-electron chi connectivity index (χ0n) is 21.1. The lowest BCUT2D eigenvalue weighted by Gasteiger charge is -2.21. The third-order valence-corrected chi connectivity index (χ3v) is 8.65. The molecule has 0 saturated heterocycles. The van der Waals surface area contributed by atoms with Crippen LogP contribution in [0.3, 0.4) is 0 Å². The van der Waals surface area contributed by atoms with E-state index in [9.17, 15) is 19.2 Å². The summed E-state index contributed by atoms with van der Waals surface area (Å²) in [5, 5.41) is 6.70. The maximum Gasteiger partial charge on any atom is 0.328 e. The summed E-state index contributed by atoms with van der Waals surface area (Å²) in [4.78, 5) is 47.8. The van der Waals surface area contributed by atoms with Crippen molar-refractivity contribution in [2.75, 3.05) is 36.7 Å². The van der Waals surface area contributed by atoms with Crippen LogP contribution in [0, 0.1) is 5.92 Å². The predicted molar refractivity (Wildman–Crippen MR) is 148 cm³/mol. The predicted octanol–water partition coefficient (Wildman–Crippen LogP) is 2.91. The van der Waals surface area contributed by atoms with Crippen LogP contribution in [-0.2, 0) is 39.8 Å². The fourth-order valence-corrected chi connectivity index (χ4v) is 6.57. The van der Waals surface area contributed by atoms with E-state index in [1.54, 1.807) is 44.7 Å². The molecule has 1 heterocycles. The number of rotatable bonds is 18. The summed E-state index contributed by atoms with van der Waals surface area (Å²) in [5.74, 6) is -0.0173. The maximum atomic E-state index is 13.0. The van der Waals surface area contributed by atoms with Gasteiger partial charge in [0.25, 0.3) is 0 Å². The lowest BCUT2D eigenvalue weighted by molar-refractivity contribution is -0.165. The van der Waals surface area contributed by atoms with E-state index in [0.717, 1.165) is 23.5 Å². The Morgan fingerprint density at radius 1 is 1.08 bits per heavy atom. The van der Waals surface area contributed by atoms with Crippen LogP contribution in [-0.4, -0.2) is 78.7 Å². The molecule has 0 saturated carbocycles. The number of thioether (sulfide) groups is 1. The van der Waals surface area contributed by atoms with E-state index in [0.29, 0.717) is 12.2 Å². The fourth-order valence-electron chi connectivity index (χ4n) is 2.79. The van der Waals surface area contributed by atoms with E-state index in [-0.39, 0.29) is 31.1 Å². The Hall–Kier alpha value is -1.41. The Balaban J connectivity index is 2.60. The van der Waals surface area contributed by atoms with Crippen LogP contribution in [0.25, 0.3) is 0 Å². The SMILES string of the molecule is CSCC[C@H](N)CSSCC(Cc1ccsc1)C(=O)N[C@@H](C)C(=O)OC[C@H](COC(C)=O)OC(C)=O. The number of nitrogens with two attached hydrogens (primary N) is 1. The van der Waals surface area contributed by atoms with Crippen LogP contribution >= 0.6 is 44.7 Å². The third-order valence-electron chi connectivity index (χ3n) is 4.69. The molecule has 1 aromatic heterocycles. The molecular weight excluding hydrogens is 545 g/mol. The van der Waals surface area contributed by atoms with Crippen molar-refractivity contribution in [2.24, 2.45) is 11.7 Å². The molecule has 204 valence electrons. The molecule has 0 fully saturated rings. The van der Waals surface area contributed by atoms with Gasteiger partial charge < -0.3 is 25.3 Å². The van der Waals surface area contributed by atoms with Gasteiger partial charge >= 0.3 is 17.9 Å². The summed E-state index contributed by atoms with van der Waals surface area (Å²) < 4.78 is 15.0. The fraction of sp³-hybridized carbons (Fsp3) is 0.652. The van der Waals surface area contributed by atoms with Gasteiger partial charge in [-0.2, -0.15) is 23.1 Å². The van der Waals surface area contributed by atoms with Crippen molar-refractivity contribution in [1.82, 2.24) is 5.32 Å². The molecule has 9 nitrogen and oxygen atoms in total. The van der Waals surface area contributed by atoms with Gasteiger partial charge in [-0.15, -0.1) is 0 Å². The Labute approximate surface area is 229 Å². The number of esters is 3. The summed E-state index contributed by atoms with van der Waals surface area (Å²) in [7, 11) is 3.26. The first kappa shape index (κ1) is 32.6. The van der Waals surface area contributed by atoms with E-state index in [1.165, 1.54) is 20.8 Å². The molecule has 0 spiro atoms. The Kier molecular flexibility index (Phi) is 17.0. The van der Waals surface area contributed by atoms with E-state index in [1.807, 2.05) is 16.8 Å². The lowest BCUT2D eigenvalue weighted by Crippen LogP contribution is -2.44. The smallest absolute Gasteiger partial charge is 0.328 e. The van der Waals surface area contributed by atoms with E-state index in [2.05, 4.69) is 11.6 Å². The van der Waals surface area contributed by atoms with Crippen LogP contribution in [0.1, 0.15) is 32.8 Å². The topological polar surface area (TPSA) is 134 Å². The molecule has 0 aliphatic carbocycles. The van der Waals surface area contributed by atoms with Crippen molar-refractivity contribution >= 4 is 68.5 Å².